The number of carboxylic acid groups (broad SMARTS) is 1. The van der Waals surface area contributed by atoms with Gasteiger partial charge in [-0.25, -0.2) is 0 Å². The molecule has 0 aromatic heterocycles. The van der Waals surface area contributed by atoms with Crippen molar-refractivity contribution in [3.63, 3.8) is 0 Å². The van der Waals surface area contributed by atoms with Gasteiger partial charge in [-0.1, -0.05) is 0 Å². The van der Waals surface area contributed by atoms with Gasteiger partial charge in [-0.2, -0.15) is 11.8 Å². The smallest absolute Gasteiger partial charge is 0.303 e. The lowest BCUT2D eigenvalue weighted by Gasteiger charge is -2.42. The van der Waals surface area contributed by atoms with Crippen LogP contribution in [0.4, 0.5) is 0 Å². The van der Waals surface area contributed by atoms with Gasteiger partial charge in [0, 0.05) is 24.9 Å². The van der Waals surface area contributed by atoms with Crippen LogP contribution in [0.5, 0.6) is 0 Å². The lowest BCUT2D eigenvalue weighted by Crippen LogP contribution is -2.52. The average molecular weight is 201 g/mol. The molecule has 0 spiro atoms. The fourth-order valence-corrected chi connectivity index (χ4v) is 3.35. The summed E-state index contributed by atoms with van der Waals surface area (Å²) in [5, 5.41) is 8.58. The maximum atomic E-state index is 10.4. The number of hydrogen-bond donors (Lipinski definition) is 1. The standard InChI is InChI=1S/C9H15NO2S/c11-9(12)3-7-4-10(5-7)8-1-2-13-6-8/h7-8H,1-6H2,(H,11,12). The van der Waals surface area contributed by atoms with Crippen molar-refractivity contribution in [1.29, 1.82) is 0 Å². The zero-order valence-electron chi connectivity index (χ0n) is 7.61. The second-order valence-electron chi connectivity index (χ2n) is 3.94. The molecule has 0 aromatic rings. The molecular weight excluding hydrogens is 186 g/mol. The quantitative estimate of drug-likeness (QED) is 0.736. The van der Waals surface area contributed by atoms with Crippen LogP contribution < -0.4 is 0 Å². The maximum absolute atomic E-state index is 10.4. The first-order valence-electron chi connectivity index (χ1n) is 4.79. The second-order valence-corrected chi connectivity index (χ2v) is 5.09. The van der Waals surface area contributed by atoms with Crippen molar-refractivity contribution in [2.75, 3.05) is 24.6 Å². The summed E-state index contributed by atoms with van der Waals surface area (Å²) >= 11 is 2.02. The molecule has 74 valence electrons. The van der Waals surface area contributed by atoms with E-state index in [1.807, 2.05) is 11.8 Å². The fourth-order valence-electron chi connectivity index (χ4n) is 2.09. The van der Waals surface area contributed by atoms with E-state index < -0.39 is 5.97 Å². The molecule has 2 fully saturated rings. The number of carboxylic acids is 1. The number of rotatable bonds is 3. The normalized spacial score (nSPS) is 30.3. The molecule has 3 nitrogen and oxygen atoms in total. The summed E-state index contributed by atoms with van der Waals surface area (Å²) in [6, 6.07) is 0.745. The van der Waals surface area contributed by atoms with E-state index in [0.29, 0.717) is 12.3 Å². The Bertz CT molecular complexity index is 198. The fraction of sp³-hybridized carbons (Fsp3) is 0.889. The van der Waals surface area contributed by atoms with Crippen LogP contribution in [0, 0.1) is 5.92 Å². The van der Waals surface area contributed by atoms with Crippen molar-refractivity contribution in [1.82, 2.24) is 4.90 Å². The second kappa shape index (κ2) is 3.88. The minimum atomic E-state index is -0.648. The third kappa shape index (κ3) is 2.17. The van der Waals surface area contributed by atoms with Crippen molar-refractivity contribution in [3.8, 4) is 0 Å². The molecule has 1 atom stereocenters. The SMILES string of the molecule is O=C(O)CC1CN(C2CCSC2)C1. The van der Waals surface area contributed by atoms with Crippen molar-refractivity contribution < 1.29 is 9.90 Å². The van der Waals surface area contributed by atoms with Crippen LogP contribution in [0.2, 0.25) is 0 Å². The third-order valence-electron chi connectivity index (χ3n) is 2.87. The highest BCUT2D eigenvalue weighted by atomic mass is 32.2. The Balaban J connectivity index is 1.68. The Morgan fingerprint density at radius 3 is 2.85 bits per heavy atom. The van der Waals surface area contributed by atoms with E-state index in [4.69, 9.17) is 5.11 Å². The highest BCUT2D eigenvalue weighted by Crippen LogP contribution is 2.29. The Morgan fingerprint density at radius 2 is 2.31 bits per heavy atom. The number of likely N-dealkylation sites (tertiary alicyclic amines) is 1. The molecule has 1 unspecified atom stereocenters. The van der Waals surface area contributed by atoms with E-state index >= 15 is 0 Å². The summed E-state index contributed by atoms with van der Waals surface area (Å²) in [5.74, 6) is 2.30. The first-order chi connectivity index (χ1) is 6.25. The van der Waals surface area contributed by atoms with Gasteiger partial charge in [0.1, 0.15) is 0 Å². The van der Waals surface area contributed by atoms with Crippen LogP contribution >= 0.6 is 11.8 Å². The Morgan fingerprint density at radius 1 is 1.54 bits per heavy atom. The number of carbonyl (C=O) groups is 1. The lowest BCUT2D eigenvalue weighted by atomic mass is 9.94. The van der Waals surface area contributed by atoms with Crippen molar-refractivity contribution in [2.45, 2.75) is 18.9 Å². The molecule has 2 heterocycles. The summed E-state index contributed by atoms with van der Waals surface area (Å²) in [6.45, 7) is 2.02. The van der Waals surface area contributed by atoms with E-state index in [2.05, 4.69) is 4.90 Å². The Hall–Kier alpha value is -0.220. The summed E-state index contributed by atoms with van der Waals surface area (Å²) in [7, 11) is 0. The molecule has 0 saturated carbocycles. The van der Waals surface area contributed by atoms with Crippen LogP contribution in [0.1, 0.15) is 12.8 Å². The minimum Gasteiger partial charge on any atom is -0.481 e. The largest absolute Gasteiger partial charge is 0.481 e. The molecule has 0 bridgehead atoms. The molecule has 2 aliphatic heterocycles. The summed E-state index contributed by atoms with van der Waals surface area (Å²) in [6.07, 6.45) is 1.65. The van der Waals surface area contributed by atoms with E-state index in [-0.39, 0.29) is 0 Å². The lowest BCUT2D eigenvalue weighted by molar-refractivity contribution is -0.139. The highest BCUT2D eigenvalue weighted by molar-refractivity contribution is 7.99. The zero-order chi connectivity index (χ0) is 9.26. The molecule has 2 saturated heterocycles. The van der Waals surface area contributed by atoms with Gasteiger partial charge < -0.3 is 5.11 Å². The Kier molecular flexibility index (Phi) is 2.79. The minimum absolute atomic E-state index is 0.358. The highest BCUT2D eigenvalue weighted by Gasteiger charge is 2.34. The summed E-state index contributed by atoms with van der Waals surface area (Å²) in [4.78, 5) is 12.8. The van der Waals surface area contributed by atoms with Gasteiger partial charge in [0.05, 0.1) is 6.42 Å². The van der Waals surface area contributed by atoms with Crippen LogP contribution in [-0.2, 0) is 4.79 Å². The van der Waals surface area contributed by atoms with Crippen LogP contribution in [-0.4, -0.2) is 46.6 Å². The van der Waals surface area contributed by atoms with E-state index in [1.54, 1.807) is 0 Å². The molecule has 0 aliphatic carbocycles. The molecule has 1 N–H and O–H groups in total. The first kappa shape index (κ1) is 9.34. The number of thioether (sulfide) groups is 1. The monoisotopic (exact) mass is 201 g/mol. The van der Waals surface area contributed by atoms with E-state index in [9.17, 15) is 4.79 Å². The van der Waals surface area contributed by atoms with Crippen LogP contribution in [0.3, 0.4) is 0 Å². The molecule has 13 heavy (non-hydrogen) atoms. The van der Waals surface area contributed by atoms with Crippen LogP contribution in [0.15, 0.2) is 0 Å². The molecular formula is C9H15NO2S. The molecule has 2 rings (SSSR count). The van der Waals surface area contributed by atoms with Crippen LogP contribution in [0.25, 0.3) is 0 Å². The number of aliphatic carboxylic acids is 1. The van der Waals surface area contributed by atoms with Gasteiger partial charge in [-0.15, -0.1) is 0 Å². The topological polar surface area (TPSA) is 40.5 Å². The molecule has 2 aliphatic rings. The van der Waals surface area contributed by atoms with Gasteiger partial charge in [0.15, 0.2) is 0 Å². The van der Waals surface area contributed by atoms with E-state index in [0.717, 1.165) is 19.1 Å². The van der Waals surface area contributed by atoms with Gasteiger partial charge in [0.2, 0.25) is 0 Å². The zero-order valence-corrected chi connectivity index (χ0v) is 8.42. The van der Waals surface area contributed by atoms with Gasteiger partial charge in [-0.3, -0.25) is 9.69 Å². The molecule has 0 radical (unpaired) electrons. The number of hydrogen-bond acceptors (Lipinski definition) is 3. The van der Waals surface area contributed by atoms with Gasteiger partial charge >= 0.3 is 5.97 Å². The van der Waals surface area contributed by atoms with Gasteiger partial charge in [0.25, 0.3) is 0 Å². The van der Waals surface area contributed by atoms with E-state index in [1.165, 1.54) is 17.9 Å². The predicted molar refractivity (Wildman–Crippen MR) is 53.0 cm³/mol. The van der Waals surface area contributed by atoms with Crippen molar-refractivity contribution in [2.24, 2.45) is 5.92 Å². The predicted octanol–water partition coefficient (Wildman–Crippen LogP) is 0.898. The molecule has 0 amide bonds. The maximum Gasteiger partial charge on any atom is 0.303 e. The average Bonchev–Trinajstić information content (AvgIpc) is 2.46. The van der Waals surface area contributed by atoms with Crippen molar-refractivity contribution in [3.05, 3.63) is 0 Å². The first-order valence-corrected chi connectivity index (χ1v) is 5.95. The summed E-state index contributed by atoms with van der Waals surface area (Å²) in [5.41, 5.74) is 0. The number of nitrogens with zero attached hydrogens (tertiary/aromatic N) is 1. The molecule has 4 heteroatoms. The summed E-state index contributed by atoms with van der Waals surface area (Å²) < 4.78 is 0. The van der Waals surface area contributed by atoms with Gasteiger partial charge in [-0.05, 0) is 18.1 Å². The molecule has 0 aromatic carbocycles. The Labute approximate surface area is 82.5 Å². The van der Waals surface area contributed by atoms with Crippen molar-refractivity contribution >= 4 is 17.7 Å². The third-order valence-corrected chi connectivity index (χ3v) is 4.02.